The molecule has 0 saturated carbocycles. The number of nitrogens with one attached hydrogen (secondary N) is 2. The molecule has 1 aromatic carbocycles. The molecular formula is C16H18BrN3O2. The van der Waals surface area contributed by atoms with Gasteiger partial charge in [0.05, 0.1) is 7.11 Å². The fourth-order valence-electron chi connectivity index (χ4n) is 1.88. The Morgan fingerprint density at radius 3 is 2.68 bits per heavy atom. The SMILES string of the molecule is COc1ccc(CC/C(C)=N\NC(=O)c2cc(Br)c[nH]2)cc1. The number of aromatic amines is 1. The molecule has 6 heteroatoms. The molecule has 0 unspecified atom stereocenters. The normalized spacial score (nSPS) is 11.3. The molecule has 0 bridgehead atoms. The second-order valence-corrected chi connectivity index (χ2v) is 5.78. The topological polar surface area (TPSA) is 66.5 Å². The van der Waals surface area contributed by atoms with E-state index in [4.69, 9.17) is 4.74 Å². The number of hydrogen-bond donors (Lipinski definition) is 2. The highest BCUT2D eigenvalue weighted by molar-refractivity contribution is 9.10. The van der Waals surface area contributed by atoms with Crippen LogP contribution in [0.4, 0.5) is 0 Å². The Morgan fingerprint density at radius 1 is 1.36 bits per heavy atom. The predicted molar refractivity (Wildman–Crippen MR) is 90.4 cm³/mol. The Hall–Kier alpha value is -2.08. The van der Waals surface area contributed by atoms with E-state index in [1.807, 2.05) is 31.2 Å². The third kappa shape index (κ3) is 4.73. The van der Waals surface area contributed by atoms with E-state index in [1.165, 1.54) is 5.56 Å². The minimum atomic E-state index is -0.255. The summed E-state index contributed by atoms with van der Waals surface area (Å²) in [5.74, 6) is 0.591. The lowest BCUT2D eigenvalue weighted by atomic mass is 10.1. The standard InChI is InChI=1S/C16H18BrN3O2/c1-11(3-4-12-5-7-14(22-2)8-6-12)19-20-16(21)15-9-13(17)10-18-15/h5-10,18H,3-4H2,1-2H3,(H,20,21)/b19-11-. The number of H-pyrrole nitrogens is 1. The number of amides is 1. The van der Waals surface area contributed by atoms with Gasteiger partial charge >= 0.3 is 0 Å². The molecule has 0 atom stereocenters. The Balaban J connectivity index is 1.83. The lowest BCUT2D eigenvalue weighted by Crippen LogP contribution is -2.19. The smallest absolute Gasteiger partial charge is 0.287 e. The molecule has 1 aromatic heterocycles. The summed E-state index contributed by atoms with van der Waals surface area (Å²) >= 11 is 3.29. The number of benzene rings is 1. The van der Waals surface area contributed by atoms with Crippen molar-refractivity contribution in [2.75, 3.05) is 7.11 Å². The van der Waals surface area contributed by atoms with Crippen LogP contribution in [0.15, 0.2) is 46.1 Å². The first kappa shape index (κ1) is 16.3. The first-order chi connectivity index (χ1) is 10.6. The van der Waals surface area contributed by atoms with Crippen LogP contribution in [-0.2, 0) is 6.42 Å². The fourth-order valence-corrected chi connectivity index (χ4v) is 2.22. The van der Waals surface area contributed by atoms with E-state index in [1.54, 1.807) is 19.4 Å². The minimum Gasteiger partial charge on any atom is -0.497 e. The molecule has 0 spiro atoms. The zero-order valence-electron chi connectivity index (χ0n) is 12.5. The Morgan fingerprint density at radius 2 is 2.09 bits per heavy atom. The van der Waals surface area contributed by atoms with Gasteiger partial charge in [0.15, 0.2) is 0 Å². The van der Waals surface area contributed by atoms with E-state index >= 15 is 0 Å². The molecule has 2 N–H and O–H groups in total. The van der Waals surface area contributed by atoms with E-state index in [2.05, 4.69) is 31.4 Å². The molecule has 1 heterocycles. The third-order valence-corrected chi connectivity index (χ3v) is 3.63. The van der Waals surface area contributed by atoms with Crippen LogP contribution in [0.25, 0.3) is 0 Å². The van der Waals surface area contributed by atoms with Crippen LogP contribution in [0.1, 0.15) is 29.4 Å². The number of carbonyl (C=O) groups is 1. The summed E-state index contributed by atoms with van der Waals surface area (Å²) < 4.78 is 5.96. The van der Waals surface area contributed by atoms with E-state index in [-0.39, 0.29) is 5.91 Å². The summed E-state index contributed by atoms with van der Waals surface area (Å²) in [4.78, 5) is 14.7. The number of rotatable bonds is 6. The number of halogens is 1. The van der Waals surface area contributed by atoms with Crippen molar-refractivity contribution in [2.24, 2.45) is 5.10 Å². The lowest BCUT2D eigenvalue weighted by Gasteiger charge is -2.04. The van der Waals surface area contributed by atoms with E-state index in [0.29, 0.717) is 5.69 Å². The minimum absolute atomic E-state index is 0.255. The van der Waals surface area contributed by atoms with E-state index in [9.17, 15) is 4.79 Å². The molecule has 0 aliphatic carbocycles. The van der Waals surface area contributed by atoms with E-state index in [0.717, 1.165) is 28.8 Å². The maximum absolute atomic E-state index is 11.8. The zero-order chi connectivity index (χ0) is 15.9. The molecule has 0 aliphatic heterocycles. The second-order valence-electron chi connectivity index (χ2n) is 4.87. The Labute approximate surface area is 137 Å². The lowest BCUT2D eigenvalue weighted by molar-refractivity contribution is 0.0950. The van der Waals surface area contributed by atoms with Gasteiger partial charge in [-0.25, -0.2) is 5.43 Å². The van der Waals surface area contributed by atoms with Crippen molar-refractivity contribution in [1.82, 2.24) is 10.4 Å². The molecule has 1 amide bonds. The van der Waals surface area contributed by atoms with Gasteiger partial charge in [0.25, 0.3) is 5.91 Å². The molecule has 0 saturated heterocycles. The van der Waals surface area contributed by atoms with Crippen LogP contribution < -0.4 is 10.2 Å². The molecular weight excluding hydrogens is 346 g/mol. The predicted octanol–water partition coefficient (Wildman–Crippen LogP) is 3.52. The van der Waals surface area contributed by atoms with Gasteiger partial charge in [0.1, 0.15) is 11.4 Å². The number of hydrogen-bond acceptors (Lipinski definition) is 3. The van der Waals surface area contributed by atoms with Crippen LogP contribution in [0, 0.1) is 0 Å². The fraction of sp³-hybridized carbons (Fsp3) is 0.250. The van der Waals surface area contributed by atoms with E-state index < -0.39 is 0 Å². The number of ether oxygens (including phenoxy) is 1. The van der Waals surface area contributed by atoms with Gasteiger partial charge in [0, 0.05) is 16.4 Å². The van der Waals surface area contributed by atoms with Crippen molar-refractivity contribution in [1.29, 1.82) is 0 Å². The molecule has 0 radical (unpaired) electrons. The van der Waals surface area contributed by atoms with Crippen LogP contribution >= 0.6 is 15.9 Å². The van der Waals surface area contributed by atoms with Crippen molar-refractivity contribution in [3.05, 3.63) is 52.3 Å². The summed E-state index contributed by atoms with van der Waals surface area (Å²) in [7, 11) is 1.65. The highest BCUT2D eigenvalue weighted by Gasteiger charge is 2.06. The Kier molecular flexibility index (Phi) is 5.77. The van der Waals surface area contributed by atoms with Crippen molar-refractivity contribution < 1.29 is 9.53 Å². The zero-order valence-corrected chi connectivity index (χ0v) is 14.1. The molecule has 2 rings (SSSR count). The number of aryl methyl sites for hydroxylation is 1. The van der Waals surface area contributed by atoms with Gasteiger partial charge in [-0.1, -0.05) is 12.1 Å². The number of hydrazone groups is 1. The number of nitrogens with zero attached hydrogens (tertiary/aromatic N) is 1. The first-order valence-corrected chi connectivity index (χ1v) is 7.68. The Bertz CT molecular complexity index is 662. The van der Waals surface area contributed by atoms with Gasteiger partial charge in [-0.3, -0.25) is 4.79 Å². The molecule has 0 aliphatic rings. The average molecular weight is 364 g/mol. The van der Waals surface area contributed by atoms with Gasteiger partial charge in [-0.05, 0) is 59.5 Å². The maximum Gasteiger partial charge on any atom is 0.287 e. The highest BCUT2D eigenvalue weighted by atomic mass is 79.9. The molecule has 116 valence electrons. The summed E-state index contributed by atoms with van der Waals surface area (Å²) in [6, 6.07) is 9.64. The van der Waals surface area contributed by atoms with Crippen LogP contribution in [-0.4, -0.2) is 23.7 Å². The second kappa shape index (κ2) is 7.79. The van der Waals surface area contributed by atoms with Crippen molar-refractivity contribution in [2.45, 2.75) is 19.8 Å². The number of carbonyl (C=O) groups excluding carboxylic acids is 1. The first-order valence-electron chi connectivity index (χ1n) is 6.89. The summed E-state index contributed by atoms with van der Waals surface area (Å²) in [6.45, 7) is 1.90. The molecule has 2 aromatic rings. The quantitative estimate of drug-likeness (QED) is 0.608. The summed E-state index contributed by atoms with van der Waals surface area (Å²) in [6.07, 6.45) is 3.35. The van der Waals surface area contributed by atoms with Crippen molar-refractivity contribution in [3.63, 3.8) is 0 Å². The van der Waals surface area contributed by atoms with Gasteiger partial charge in [-0.2, -0.15) is 5.10 Å². The maximum atomic E-state index is 11.8. The van der Waals surface area contributed by atoms with Gasteiger partial charge < -0.3 is 9.72 Å². The van der Waals surface area contributed by atoms with Gasteiger partial charge in [-0.15, -0.1) is 0 Å². The average Bonchev–Trinajstić information content (AvgIpc) is 2.97. The van der Waals surface area contributed by atoms with Gasteiger partial charge in [0.2, 0.25) is 0 Å². The van der Waals surface area contributed by atoms with Crippen LogP contribution in [0.5, 0.6) is 5.75 Å². The number of methoxy groups -OCH3 is 1. The van der Waals surface area contributed by atoms with Crippen LogP contribution in [0.2, 0.25) is 0 Å². The highest BCUT2D eigenvalue weighted by Crippen LogP contribution is 2.13. The largest absolute Gasteiger partial charge is 0.497 e. The van der Waals surface area contributed by atoms with Crippen molar-refractivity contribution >= 4 is 27.5 Å². The molecule has 5 nitrogen and oxygen atoms in total. The third-order valence-electron chi connectivity index (χ3n) is 3.18. The molecule has 22 heavy (non-hydrogen) atoms. The summed E-state index contributed by atoms with van der Waals surface area (Å²) in [5, 5.41) is 4.12. The summed E-state index contributed by atoms with van der Waals surface area (Å²) in [5.41, 5.74) is 5.09. The van der Waals surface area contributed by atoms with Crippen molar-refractivity contribution in [3.8, 4) is 5.75 Å². The molecule has 0 fully saturated rings. The number of aromatic nitrogens is 1. The van der Waals surface area contributed by atoms with Crippen LogP contribution in [0.3, 0.4) is 0 Å². The monoisotopic (exact) mass is 363 g/mol.